The zero-order valence-corrected chi connectivity index (χ0v) is 16.6. The van der Waals surface area contributed by atoms with Crippen molar-refractivity contribution in [2.45, 2.75) is 77.3 Å². The van der Waals surface area contributed by atoms with Crippen LogP contribution in [0.3, 0.4) is 0 Å². The molecule has 0 saturated carbocycles. The van der Waals surface area contributed by atoms with Crippen LogP contribution >= 0.6 is 47.8 Å². The molecule has 3 fully saturated rings. The van der Waals surface area contributed by atoms with Crippen LogP contribution in [0.2, 0.25) is 0 Å². The van der Waals surface area contributed by atoms with Gasteiger partial charge in [0, 0.05) is 17.7 Å². The fourth-order valence-corrected chi connectivity index (χ4v) is 4.89. The van der Waals surface area contributed by atoms with Crippen molar-refractivity contribution in [1.82, 2.24) is 0 Å². The molecule has 3 nitrogen and oxygen atoms in total. The zero-order valence-electron chi connectivity index (χ0n) is 11.8. The molecule has 0 aromatic carbocycles. The molecule has 1 unspecified atom stereocenters. The van der Waals surface area contributed by atoms with Crippen molar-refractivity contribution < 1.29 is 14.2 Å². The molecule has 0 bridgehead atoms. The first-order valence-corrected chi connectivity index (χ1v) is 10.1. The van der Waals surface area contributed by atoms with Gasteiger partial charge in [-0.05, 0) is 12.8 Å². The topological polar surface area (TPSA) is 27.7 Å². The van der Waals surface area contributed by atoms with E-state index in [0.29, 0.717) is 4.83 Å². The van der Waals surface area contributed by atoms with Gasteiger partial charge in [-0.1, -0.05) is 60.6 Å². The van der Waals surface area contributed by atoms with Crippen LogP contribution in [0.15, 0.2) is 0 Å². The second-order valence-corrected chi connectivity index (χ2v) is 9.24. The Morgan fingerprint density at radius 3 is 2.62 bits per heavy atom. The summed E-state index contributed by atoms with van der Waals surface area (Å²) in [7, 11) is 0. The van der Waals surface area contributed by atoms with Gasteiger partial charge in [0.05, 0.1) is 29.2 Å². The van der Waals surface area contributed by atoms with Crippen LogP contribution in [0, 0.1) is 12.3 Å². The van der Waals surface area contributed by atoms with Gasteiger partial charge in [0.15, 0.2) is 5.79 Å². The van der Waals surface area contributed by atoms with Crippen LogP contribution in [0.5, 0.6) is 0 Å². The van der Waals surface area contributed by atoms with E-state index in [1.807, 2.05) is 0 Å². The molecule has 6 heteroatoms. The van der Waals surface area contributed by atoms with E-state index in [4.69, 9.17) is 20.6 Å². The third-order valence-electron chi connectivity index (χ3n) is 4.61. The molecule has 21 heavy (non-hydrogen) atoms. The molecule has 0 aromatic heterocycles. The van der Waals surface area contributed by atoms with Gasteiger partial charge >= 0.3 is 0 Å². The fraction of sp³-hybridized carbons (Fsp3) is 0.867. The lowest BCUT2D eigenvalue weighted by atomic mass is 10.0. The average Bonchev–Trinajstić information content (AvgIpc) is 3.10. The Morgan fingerprint density at radius 1 is 1.24 bits per heavy atom. The maximum atomic E-state index is 6.29. The van der Waals surface area contributed by atoms with E-state index >= 15 is 0 Å². The van der Waals surface area contributed by atoms with Gasteiger partial charge in [-0.25, -0.2) is 0 Å². The number of ether oxygens (including phenoxy) is 3. The van der Waals surface area contributed by atoms with Crippen LogP contribution in [0.25, 0.3) is 0 Å². The highest BCUT2D eigenvalue weighted by molar-refractivity contribution is 9.10. The largest absolute Gasteiger partial charge is 0.370 e. The molecular formula is C15H19Br3O3. The molecule has 1 spiro atoms. The second kappa shape index (κ2) is 6.41. The third kappa shape index (κ3) is 2.99. The van der Waals surface area contributed by atoms with Gasteiger partial charge in [0.25, 0.3) is 0 Å². The van der Waals surface area contributed by atoms with E-state index in [1.54, 1.807) is 0 Å². The fourth-order valence-electron chi connectivity index (χ4n) is 3.46. The number of hydrogen-bond donors (Lipinski definition) is 0. The summed E-state index contributed by atoms with van der Waals surface area (Å²) in [6.45, 7) is 2.16. The van der Waals surface area contributed by atoms with Gasteiger partial charge in [-0.15, -0.1) is 6.42 Å². The van der Waals surface area contributed by atoms with Crippen LogP contribution in [0.4, 0.5) is 0 Å². The van der Waals surface area contributed by atoms with Crippen LogP contribution < -0.4 is 0 Å². The lowest BCUT2D eigenvalue weighted by Gasteiger charge is -2.29. The van der Waals surface area contributed by atoms with Gasteiger partial charge in [0.2, 0.25) is 0 Å². The second-order valence-electron chi connectivity index (χ2n) is 5.97. The summed E-state index contributed by atoms with van der Waals surface area (Å²) in [5, 5.41) is 0. The lowest BCUT2D eigenvalue weighted by molar-refractivity contribution is -0.213. The standard InChI is InChI=1S/C15H19Br3O3/c1-3-8(16)10-5-12-13(19-10)7-15(21-12)14(18)6-11(20-15)9(17)4-2/h1,8-14H,4-7H2,2H3/t8-,9-,10-,11?,12-,13-,14+,15+/m1/s1. The lowest BCUT2D eigenvalue weighted by Crippen LogP contribution is -2.38. The molecule has 3 heterocycles. The maximum absolute atomic E-state index is 6.29. The zero-order chi connectivity index (χ0) is 15.2. The summed E-state index contributed by atoms with van der Waals surface area (Å²) < 4.78 is 18.6. The summed E-state index contributed by atoms with van der Waals surface area (Å²) >= 11 is 10.9. The molecule has 0 aliphatic carbocycles. The number of fused-ring (bicyclic) bond motifs is 1. The van der Waals surface area contributed by atoms with Crippen molar-refractivity contribution in [3.63, 3.8) is 0 Å². The Kier molecular flexibility index (Phi) is 5.11. The predicted octanol–water partition coefficient (Wildman–Crippen LogP) is 3.75. The first-order chi connectivity index (χ1) is 9.99. The van der Waals surface area contributed by atoms with Gasteiger partial charge in [0.1, 0.15) is 4.83 Å². The molecule has 3 aliphatic rings. The van der Waals surface area contributed by atoms with Crippen molar-refractivity contribution in [3.05, 3.63) is 0 Å². The van der Waals surface area contributed by atoms with E-state index in [1.165, 1.54) is 0 Å². The minimum Gasteiger partial charge on any atom is -0.370 e. The van der Waals surface area contributed by atoms with Crippen molar-refractivity contribution >= 4 is 47.8 Å². The first-order valence-electron chi connectivity index (χ1n) is 7.38. The summed E-state index contributed by atoms with van der Waals surface area (Å²) in [5.74, 6) is 2.15. The Labute approximate surface area is 151 Å². The third-order valence-corrected chi connectivity index (χ3v) is 7.77. The monoisotopic (exact) mass is 484 g/mol. The maximum Gasteiger partial charge on any atom is 0.184 e. The summed E-state index contributed by atoms with van der Waals surface area (Å²) in [6, 6.07) is 0. The smallest absolute Gasteiger partial charge is 0.184 e. The predicted molar refractivity (Wildman–Crippen MR) is 92.3 cm³/mol. The number of alkyl halides is 3. The number of rotatable bonds is 3. The van der Waals surface area contributed by atoms with Crippen molar-refractivity contribution in [2.24, 2.45) is 0 Å². The molecular weight excluding hydrogens is 468 g/mol. The van der Waals surface area contributed by atoms with Crippen molar-refractivity contribution in [2.75, 3.05) is 0 Å². The van der Waals surface area contributed by atoms with Crippen molar-refractivity contribution in [1.29, 1.82) is 0 Å². The molecule has 0 amide bonds. The molecule has 3 rings (SSSR count). The van der Waals surface area contributed by atoms with Gasteiger partial charge < -0.3 is 14.2 Å². The normalized spacial score (nSPS) is 48.2. The summed E-state index contributed by atoms with van der Waals surface area (Å²) in [4.78, 5) is 0.524. The van der Waals surface area contributed by atoms with Crippen LogP contribution in [0.1, 0.15) is 32.6 Å². The quantitative estimate of drug-likeness (QED) is 0.449. The van der Waals surface area contributed by atoms with Crippen LogP contribution in [-0.4, -0.2) is 44.7 Å². The number of halogens is 3. The Hall–Kier alpha value is 0.880. The Morgan fingerprint density at radius 2 is 2.00 bits per heavy atom. The highest BCUT2D eigenvalue weighted by Gasteiger charge is 2.60. The Balaban J connectivity index is 1.65. The molecule has 0 N–H and O–H groups in total. The van der Waals surface area contributed by atoms with E-state index in [-0.39, 0.29) is 34.1 Å². The molecule has 3 aliphatic heterocycles. The minimum absolute atomic E-state index is 0.0351. The molecule has 8 atom stereocenters. The van der Waals surface area contributed by atoms with Crippen molar-refractivity contribution in [3.8, 4) is 12.3 Å². The van der Waals surface area contributed by atoms with E-state index < -0.39 is 5.79 Å². The van der Waals surface area contributed by atoms with Gasteiger partial charge in [-0.2, -0.15) is 0 Å². The summed E-state index contributed by atoms with van der Waals surface area (Å²) in [6.07, 6.45) is 9.43. The van der Waals surface area contributed by atoms with Crippen LogP contribution in [-0.2, 0) is 14.2 Å². The number of hydrogen-bond acceptors (Lipinski definition) is 3. The number of terminal acetylenes is 1. The average molecular weight is 487 g/mol. The van der Waals surface area contributed by atoms with E-state index in [0.717, 1.165) is 25.7 Å². The van der Waals surface area contributed by atoms with E-state index in [2.05, 4.69) is 60.6 Å². The SMILES string of the molecule is C#C[C@@H](Br)[C@H]1C[C@H]2O[C@]3(C[C@H]2O1)OC([C@H](Br)CC)C[C@@H]3Br. The van der Waals surface area contributed by atoms with E-state index in [9.17, 15) is 0 Å². The van der Waals surface area contributed by atoms with Gasteiger partial charge in [-0.3, -0.25) is 0 Å². The first kappa shape index (κ1) is 16.7. The molecule has 118 valence electrons. The highest BCUT2D eigenvalue weighted by Crippen LogP contribution is 2.51. The highest BCUT2D eigenvalue weighted by atomic mass is 79.9. The molecule has 0 radical (unpaired) electrons. The minimum atomic E-state index is -0.538. The molecule has 0 aromatic rings. The Bertz CT molecular complexity index is 424. The summed E-state index contributed by atoms with van der Waals surface area (Å²) in [5.41, 5.74) is 0. The molecule has 3 saturated heterocycles.